The van der Waals surface area contributed by atoms with Crippen LogP contribution in [0, 0.1) is 6.92 Å². The summed E-state index contributed by atoms with van der Waals surface area (Å²) in [7, 11) is 0. The minimum absolute atomic E-state index is 0.0676. The summed E-state index contributed by atoms with van der Waals surface area (Å²) in [4.78, 5) is 18.5. The summed E-state index contributed by atoms with van der Waals surface area (Å²) in [6.45, 7) is 2.03. The van der Waals surface area contributed by atoms with Gasteiger partial charge < -0.3 is 0 Å². The molecular weight excluding hydrogens is 344 g/mol. The fraction of sp³-hybridized carbons (Fsp3) is 0.0400. The molecular formula is C25H18N2O. The first-order valence-corrected chi connectivity index (χ1v) is 9.29. The number of imidazole rings is 1. The number of nitrogens with zero attached hydrogens (tertiary/aromatic N) is 2. The molecule has 0 saturated carbocycles. The number of aromatic nitrogens is 2. The molecule has 0 N–H and O–H groups in total. The SMILES string of the molecule is Cc1ccc2c(c1)nc(-c1ccccc1)n2C(=O)c1cccc2ccccc12. The molecule has 0 aliphatic rings. The molecule has 4 aromatic carbocycles. The molecule has 3 heteroatoms. The van der Waals surface area contributed by atoms with Crippen LogP contribution in [0.1, 0.15) is 15.9 Å². The van der Waals surface area contributed by atoms with Crippen molar-refractivity contribution in [1.29, 1.82) is 0 Å². The van der Waals surface area contributed by atoms with Crippen LogP contribution in [0.25, 0.3) is 33.2 Å². The van der Waals surface area contributed by atoms with Crippen molar-refractivity contribution in [1.82, 2.24) is 9.55 Å². The monoisotopic (exact) mass is 362 g/mol. The molecule has 5 rings (SSSR count). The van der Waals surface area contributed by atoms with Gasteiger partial charge in [0.1, 0.15) is 5.82 Å². The Balaban J connectivity index is 1.81. The first-order chi connectivity index (χ1) is 13.7. The lowest BCUT2D eigenvalue weighted by Gasteiger charge is -2.10. The fourth-order valence-corrected chi connectivity index (χ4v) is 3.71. The first kappa shape index (κ1) is 16.5. The van der Waals surface area contributed by atoms with E-state index in [1.807, 2.05) is 97.9 Å². The van der Waals surface area contributed by atoms with Crippen LogP contribution in [0.2, 0.25) is 0 Å². The van der Waals surface area contributed by atoms with Crippen LogP contribution in [-0.4, -0.2) is 15.5 Å². The summed E-state index contributed by atoms with van der Waals surface area (Å²) >= 11 is 0. The molecule has 0 unspecified atom stereocenters. The molecule has 1 aromatic heterocycles. The van der Waals surface area contributed by atoms with Gasteiger partial charge in [-0.1, -0.05) is 72.8 Å². The van der Waals surface area contributed by atoms with Crippen molar-refractivity contribution in [3.8, 4) is 11.4 Å². The van der Waals surface area contributed by atoms with Gasteiger partial charge in [0.2, 0.25) is 0 Å². The maximum Gasteiger partial charge on any atom is 0.264 e. The van der Waals surface area contributed by atoms with Crippen molar-refractivity contribution >= 4 is 27.7 Å². The van der Waals surface area contributed by atoms with Crippen LogP contribution < -0.4 is 0 Å². The van der Waals surface area contributed by atoms with Gasteiger partial charge in [-0.3, -0.25) is 9.36 Å². The van der Waals surface area contributed by atoms with Gasteiger partial charge in [-0.2, -0.15) is 0 Å². The highest BCUT2D eigenvalue weighted by Gasteiger charge is 2.21. The summed E-state index contributed by atoms with van der Waals surface area (Å²) in [5.74, 6) is 0.598. The number of rotatable bonds is 2. The van der Waals surface area contributed by atoms with Gasteiger partial charge in [0.05, 0.1) is 11.0 Å². The predicted molar refractivity (Wildman–Crippen MR) is 114 cm³/mol. The summed E-state index contributed by atoms with van der Waals surface area (Å²) in [6.07, 6.45) is 0. The summed E-state index contributed by atoms with van der Waals surface area (Å²) in [5.41, 5.74) is 4.37. The molecule has 134 valence electrons. The molecule has 0 bridgehead atoms. The van der Waals surface area contributed by atoms with Crippen molar-refractivity contribution in [2.24, 2.45) is 0 Å². The third-order valence-electron chi connectivity index (χ3n) is 5.07. The quantitative estimate of drug-likeness (QED) is 0.395. The van der Waals surface area contributed by atoms with E-state index in [9.17, 15) is 4.79 Å². The maximum atomic E-state index is 13.7. The summed E-state index contributed by atoms with van der Waals surface area (Å²) < 4.78 is 1.74. The number of carbonyl (C=O) groups excluding carboxylic acids is 1. The zero-order chi connectivity index (χ0) is 19.1. The van der Waals surface area contributed by atoms with Gasteiger partial charge in [-0.25, -0.2) is 4.98 Å². The number of carbonyl (C=O) groups is 1. The van der Waals surface area contributed by atoms with E-state index in [0.717, 1.165) is 32.9 Å². The Morgan fingerprint density at radius 3 is 2.43 bits per heavy atom. The maximum absolute atomic E-state index is 13.7. The third kappa shape index (κ3) is 2.60. The van der Waals surface area contributed by atoms with Crippen molar-refractivity contribution in [2.45, 2.75) is 6.92 Å². The third-order valence-corrected chi connectivity index (χ3v) is 5.07. The zero-order valence-electron chi connectivity index (χ0n) is 15.5. The van der Waals surface area contributed by atoms with E-state index >= 15 is 0 Å². The minimum Gasteiger partial charge on any atom is -0.268 e. The van der Waals surface area contributed by atoms with Crippen LogP contribution in [0.3, 0.4) is 0 Å². The molecule has 0 aliphatic heterocycles. The van der Waals surface area contributed by atoms with E-state index in [-0.39, 0.29) is 5.91 Å². The van der Waals surface area contributed by atoms with Gasteiger partial charge >= 0.3 is 0 Å². The number of hydrogen-bond donors (Lipinski definition) is 0. The largest absolute Gasteiger partial charge is 0.268 e. The number of hydrogen-bond acceptors (Lipinski definition) is 2. The molecule has 1 heterocycles. The standard InChI is InChI=1S/C25H18N2O/c1-17-14-15-23-22(16-17)26-24(19-9-3-2-4-10-19)27(23)25(28)21-13-7-11-18-8-5-6-12-20(18)21/h2-16H,1H3. The first-order valence-electron chi connectivity index (χ1n) is 9.29. The Hall–Kier alpha value is -3.72. The molecule has 0 saturated heterocycles. The highest BCUT2D eigenvalue weighted by atomic mass is 16.2. The number of benzene rings is 4. The Morgan fingerprint density at radius 2 is 1.57 bits per heavy atom. The second kappa shape index (κ2) is 6.46. The lowest BCUT2D eigenvalue weighted by atomic mass is 10.0. The van der Waals surface area contributed by atoms with Crippen molar-refractivity contribution < 1.29 is 4.79 Å². The number of fused-ring (bicyclic) bond motifs is 2. The van der Waals surface area contributed by atoms with Crippen molar-refractivity contribution in [2.75, 3.05) is 0 Å². The molecule has 0 radical (unpaired) electrons. The summed E-state index contributed by atoms with van der Waals surface area (Å²) in [6, 6.07) is 29.7. The van der Waals surface area contributed by atoms with Crippen molar-refractivity contribution in [3.05, 3.63) is 102 Å². The Kier molecular flexibility index (Phi) is 3.80. The van der Waals surface area contributed by atoms with Gasteiger partial charge in [0.15, 0.2) is 0 Å². The molecule has 0 aliphatic carbocycles. The van der Waals surface area contributed by atoms with Gasteiger partial charge in [-0.15, -0.1) is 0 Å². The second-order valence-corrected chi connectivity index (χ2v) is 6.96. The molecule has 0 spiro atoms. The zero-order valence-corrected chi connectivity index (χ0v) is 15.5. The van der Waals surface area contributed by atoms with Crippen LogP contribution in [0.5, 0.6) is 0 Å². The molecule has 3 nitrogen and oxygen atoms in total. The molecule has 0 atom stereocenters. The average molecular weight is 362 g/mol. The highest BCUT2D eigenvalue weighted by molar-refractivity contribution is 6.11. The minimum atomic E-state index is -0.0676. The molecule has 28 heavy (non-hydrogen) atoms. The van der Waals surface area contributed by atoms with Crippen LogP contribution in [0.4, 0.5) is 0 Å². The fourth-order valence-electron chi connectivity index (χ4n) is 3.71. The second-order valence-electron chi connectivity index (χ2n) is 6.96. The van der Waals surface area contributed by atoms with Crippen molar-refractivity contribution in [3.63, 3.8) is 0 Å². The van der Waals surface area contributed by atoms with Gasteiger partial charge in [0, 0.05) is 11.1 Å². The highest BCUT2D eigenvalue weighted by Crippen LogP contribution is 2.28. The van der Waals surface area contributed by atoms with Crippen LogP contribution >= 0.6 is 0 Å². The number of aryl methyl sites for hydroxylation is 1. The average Bonchev–Trinajstić information content (AvgIpc) is 3.12. The van der Waals surface area contributed by atoms with E-state index in [1.165, 1.54) is 0 Å². The molecule has 0 fully saturated rings. The van der Waals surface area contributed by atoms with Crippen LogP contribution in [-0.2, 0) is 0 Å². The topological polar surface area (TPSA) is 34.9 Å². The Bertz CT molecular complexity index is 1330. The van der Waals surface area contributed by atoms with E-state index in [1.54, 1.807) is 4.57 Å². The lowest BCUT2D eigenvalue weighted by Crippen LogP contribution is -2.14. The van der Waals surface area contributed by atoms with Gasteiger partial charge in [-0.05, 0) is 41.5 Å². The Morgan fingerprint density at radius 1 is 0.821 bits per heavy atom. The Labute approximate surface area is 162 Å². The van der Waals surface area contributed by atoms with E-state index in [4.69, 9.17) is 4.98 Å². The molecule has 5 aromatic rings. The van der Waals surface area contributed by atoms with Gasteiger partial charge in [0.25, 0.3) is 5.91 Å². The van der Waals surface area contributed by atoms with E-state index in [0.29, 0.717) is 11.4 Å². The predicted octanol–water partition coefficient (Wildman–Crippen LogP) is 5.85. The lowest BCUT2D eigenvalue weighted by molar-refractivity contribution is 0.0968. The van der Waals surface area contributed by atoms with E-state index < -0.39 is 0 Å². The normalized spacial score (nSPS) is 11.2. The van der Waals surface area contributed by atoms with E-state index in [2.05, 4.69) is 0 Å². The van der Waals surface area contributed by atoms with Crippen LogP contribution in [0.15, 0.2) is 91.0 Å². The molecule has 0 amide bonds. The summed E-state index contributed by atoms with van der Waals surface area (Å²) in [5, 5.41) is 2.00. The smallest absolute Gasteiger partial charge is 0.264 e.